The second kappa shape index (κ2) is 4.81. The lowest BCUT2D eigenvalue weighted by molar-refractivity contribution is 0.275. The van der Waals surface area contributed by atoms with Crippen molar-refractivity contribution in [1.82, 2.24) is 9.55 Å². The molecule has 0 bridgehead atoms. The zero-order valence-electron chi connectivity index (χ0n) is 9.13. The van der Waals surface area contributed by atoms with Crippen LogP contribution in [0.3, 0.4) is 0 Å². The van der Waals surface area contributed by atoms with Gasteiger partial charge in [0.1, 0.15) is 5.75 Å². The first-order valence-electron chi connectivity index (χ1n) is 5.23. The molecule has 0 saturated carbocycles. The van der Waals surface area contributed by atoms with Crippen molar-refractivity contribution < 1.29 is 9.84 Å². The Morgan fingerprint density at radius 3 is 2.94 bits per heavy atom. The molecule has 2 aromatic rings. The van der Waals surface area contributed by atoms with Crippen LogP contribution in [0, 0.1) is 0 Å². The van der Waals surface area contributed by atoms with E-state index in [0.717, 1.165) is 12.1 Å². The number of ether oxygens (including phenoxy) is 1. The fourth-order valence-corrected chi connectivity index (χ4v) is 1.47. The zero-order valence-corrected chi connectivity index (χ0v) is 9.13. The van der Waals surface area contributed by atoms with E-state index in [1.165, 1.54) is 0 Å². The molecule has 0 saturated heterocycles. The van der Waals surface area contributed by atoms with Gasteiger partial charge < -0.3 is 14.4 Å². The largest absolute Gasteiger partial charge is 0.425 e. The lowest BCUT2D eigenvalue weighted by Gasteiger charge is -2.09. The van der Waals surface area contributed by atoms with Crippen molar-refractivity contribution in [3.8, 4) is 11.8 Å². The molecule has 0 aliphatic heterocycles. The third-order valence-electron chi connectivity index (χ3n) is 2.36. The minimum Gasteiger partial charge on any atom is -0.425 e. The first-order valence-corrected chi connectivity index (χ1v) is 5.23. The second-order valence-corrected chi connectivity index (χ2v) is 3.36. The Morgan fingerprint density at radius 2 is 2.19 bits per heavy atom. The molecule has 0 aliphatic carbocycles. The highest BCUT2D eigenvalue weighted by molar-refractivity contribution is 5.34. The Morgan fingerprint density at radius 1 is 1.38 bits per heavy atom. The van der Waals surface area contributed by atoms with Crippen LogP contribution in [0.5, 0.6) is 11.8 Å². The molecule has 4 heteroatoms. The van der Waals surface area contributed by atoms with E-state index in [0.29, 0.717) is 11.8 Å². The number of aliphatic hydroxyl groups excluding tert-OH is 1. The van der Waals surface area contributed by atoms with E-state index in [1.54, 1.807) is 6.20 Å². The predicted molar refractivity (Wildman–Crippen MR) is 60.3 cm³/mol. The topological polar surface area (TPSA) is 47.3 Å². The average molecular weight is 218 g/mol. The number of para-hydroxylation sites is 1. The van der Waals surface area contributed by atoms with Gasteiger partial charge >= 0.3 is 6.01 Å². The number of imidazole rings is 1. The van der Waals surface area contributed by atoms with E-state index in [1.807, 2.05) is 42.0 Å². The molecule has 1 heterocycles. The van der Waals surface area contributed by atoms with Gasteiger partial charge in [0.05, 0.1) is 6.61 Å². The number of hydrogen-bond donors (Lipinski definition) is 1. The van der Waals surface area contributed by atoms with E-state index >= 15 is 0 Å². The number of benzene rings is 1. The Labute approximate surface area is 94.1 Å². The molecule has 2 rings (SSSR count). The zero-order chi connectivity index (χ0) is 11.4. The first kappa shape index (κ1) is 10.7. The first-order chi connectivity index (χ1) is 7.85. The van der Waals surface area contributed by atoms with Crippen LogP contribution in [0.15, 0.2) is 36.7 Å². The highest BCUT2D eigenvalue weighted by Gasteiger charge is 2.07. The molecule has 0 spiro atoms. The van der Waals surface area contributed by atoms with Gasteiger partial charge in [-0.15, -0.1) is 0 Å². The van der Waals surface area contributed by atoms with Crippen LogP contribution in [0.1, 0.15) is 12.5 Å². The summed E-state index contributed by atoms with van der Waals surface area (Å²) in [7, 11) is 0. The van der Waals surface area contributed by atoms with Crippen LogP contribution < -0.4 is 4.74 Å². The Bertz CT molecular complexity index is 466. The Hall–Kier alpha value is -1.81. The van der Waals surface area contributed by atoms with Crippen LogP contribution in [0.25, 0.3) is 0 Å². The molecule has 1 aromatic heterocycles. The van der Waals surface area contributed by atoms with E-state index in [4.69, 9.17) is 9.84 Å². The van der Waals surface area contributed by atoms with Crippen molar-refractivity contribution >= 4 is 0 Å². The van der Waals surface area contributed by atoms with Crippen LogP contribution >= 0.6 is 0 Å². The normalized spacial score (nSPS) is 10.4. The van der Waals surface area contributed by atoms with Crippen LogP contribution in [0.2, 0.25) is 0 Å². The average Bonchev–Trinajstić information content (AvgIpc) is 2.77. The SMILES string of the molecule is CCn1ccnc1Oc1ccccc1CO. The van der Waals surface area contributed by atoms with Crippen molar-refractivity contribution in [2.45, 2.75) is 20.1 Å². The van der Waals surface area contributed by atoms with Gasteiger partial charge in [0.2, 0.25) is 0 Å². The highest BCUT2D eigenvalue weighted by atomic mass is 16.5. The molecule has 1 N–H and O–H groups in total. The monoisotopic (exact) mass is 218 g/mol. The molecule has 0 amide bonds. The molecule has 1 aromatic carbocycles. The van der Waals surface area contributed by atoms with Gasteiger partial charge in [-0.2, -0.15) is 0 Å². The summed E-state index contributed by atoms with van der Waals surface area (Å²) in [5.41, 5.74) is 0.758. The van der Waals surface area contributed by atoms with Crippen LogP contribution in [-0.4, -0.2) is 14.7 Å². The fourth-order valence-electron chi connectivity index (χ4n) is 1.47. The molecule has 16 heavy (non-hydrogen) atoms. The summed E-state index contributed by atoms with van der Waals surface area (Å²) in [4.78, 5) is 4.12. The third-order valence-corrected chi connectivity index (χ3v) is 2.36. The summed E-state index contributed by atoms with van der Waals surface area (Å²) >= 11 is 0. The van der Waals surface area contributed by atoms with E-state index < -0.39 is 0 Å². The summed E-state index contributed by atoms with van der Waals surface area (Å²) in [6, 6.07) is 7.93. The van der Waals surface area contributed by atoms with Crippen molar-refractivity contribution in [2.24, 2.45) is 0 Å². The number of rotatable bonds is 4. The van der Waals surface area contributed by atoms with E-state index in [9.17, 15) is 0 Å². The van der Waals surface area contributed by atoms with Gasteiger partial charge in [0, 0.05) is 24.5 Å². The number of aromatic nitrogens is 2. The molecule has 0 fully saturated rings. The van der Waals surface area contributed by atoms with Crippen molar-refractivity contribution in [3.05, 3.63) is 42.2 Å². The molecule has 0 aliphatic rings. The van der Waals surface area contributed by atoms with Crippen LogP contribution in [-0.2, 0) is 13.2 Å². The maximum atomic E-state index is 9.17. The Kier molecular flexibility index (Phi) is 3.22. The van der Waals surface area contributed by atoms with Crippen molar-refractivity contribution in [3.63, 3.8) is 0 Å². The highest BCUT2D eigenvalue weighted by Crippen LogP contribution is 2.23. The minimum absolute atomic E-state index is 0.0387. The lowest BCUT2D eigenvalue weighted by Crippen LogP contribution is -1.99. The molecule has 0 atom stereocenters. The maximum Gasteiger partial charge on any atom is 0.301 e. The van der Waals surface area contributed by atoms with E-state index in [2.05, 4.69) is 4.98 Å². The maximum absolute atomic E-state index is 9.17. The second-order valence-electron chi connectivity index (χ2n) is 3.36. The minimum atomic E-state index is -0.0387. The standard InChI is InChI=1S/C12H14N2O2/c1-2-14-8-7-13-12(14)16-11-6-4-3-5-10(11)9-15/h3-8,15H,2,9H2,1H3. The molecule has 4 nitrogen and oxygen atoms in total. The van der Waals surface area contributed by atoms with Gasteiger partial charge in [0.25, 0.3) is 0 Å². The Balaban J connectivity index is 2.26. The number of aryl methyl sites for hydroxylation is 1. The van der Waals surface area contributed by atoms with E-state index in [-0.39, 0.29) is 6.61 Å². The number of aliphatic hydroxyl groups is 1. The quantitative estimate of drug-likeness (QED) is 0.855. The number of nitrogens with zero attached hydrogens (tertiary/aromatic N) is 2. The summed E-state index contributed by atoms with van der Waals surface area (Å²) < 4.78 is 7.55. The third kappa shape index (κ3) is 2.06. The molecular formula is C12H14N2O2. The fraction of sp³-hybridized carbons (Fsp3) is 0.250. The van der Waals surface area contributed by atoms with Crippen molar-refractivity contribution in [2.75, 3.05) is 0 Å². The number of hydrogen-bond acceptors (Lipinski definition) is 3. The van der Waals surface area contributed by atoms with Gasteiger partial charge in [0.15, 0.2) is 0 Å². The van der Waals surface area contributed by atoms with Gasteiger partial charge in [-0.25, -0.2) is 4.98 Å². The predicted octanol–water partition coefficient (Wildman–Crippen LogP) is 2.19. The lowest BCUT2D eigenvalue weighted by atomic mass is 10.2. The molecule has 0 radical (unpaired) electrons. The summed E-state index contributed by atoms with van der Waals surface area (Å²) in [6.07, 6.45) is 3.55. The van der Waals surface area contributed by atoms with Gasteiger partial charge in [-0.3, -0.25) is 0 Å². The summed E-state index contributed by atoms with van der Waals surface area (Å²) in [5.74, 6) is 0.644. The summed E-state index contributed by atoms with van der Waals surface area (Å²) in [5, 5.41) is 9.17. The smallest absolute Gasteiger partial charge is 0.301 e. The molecule has 0 unspecified atom stereocenters. The van der Waals surface area contributed by atoms with Gasteiger partial charge in [-0.05, 0) is 13.0 Å². The molecule has 84 valence electrons. The van der Waals surface area contributed by atoms with Gasteiger partial charge in [-0.1, -0.05) is 18.2 Å². The summed E-state index contributed by atoms with van der Waals surface area (Å²) in [6.45, 7) is 2.78. The van der Waals surface area contributed by atoms with Crippen LogP contribution in [0.4, 0.5) is 0 Å². The van der Waals surface area contributed by atoms with Crippen molar-refractivity contribution in [1.29, 1.82) is 0 Å². The molecular weight excluding hydrogens is 204 g/mol.